The van der Waals surface area contributed by atoms with Gasteiger partial charge >= 0.3 is 0 Å². The van der Waals surface area contributed by atoms with Gasteiger partial charge in [-0.2, -0.15) is 0 Å². The molecule has 1 aliphatic carbocycles. The minimum absolute atomic E-state index is 0.482. The Morgan fingerprint density at radius 2 is 1.80 bits per heavy atom. The topological polar surface area (TPSA) is 15.3 Å². The zero-order chi connectivity index (χ0) is 13.9. The SMILES string of the molecule is Fc1cc(F)cc(CN2CCCCC2CNC2CC2)c1. The predicted octanol–water partition coefficient (Wildman–Crippen LogP) is 3.07. The molecule has 2 aliphatic rings. The zero-order valence-corrected chi connectivity index (χ0v) is 11.7. The summed E-state index contributed by atoms with van der Waals surface area (Å²) in [5.74, 6) is -0.964. The van der Waals surface area contributed by atoms with Gasteiger partial charge in [-0.3, -0.25) is 4.90 Å². The second kappa shape index (κ2) is 6.19. The van der Waals surface area contributed by atoms with E-state index in [1.165, 1.54) is 44.2 Å². The first-order chi connectivity index (χ1) is 9.70. The van der Waals surface area contributed by atoms with Gasteiger partial charge in [-0.1, -0.05) is 6.42 Å². The Morgan fingerprint density at radius 3 is 2.50 bits per heavy atom. The van der Waals surface area contributed by atoms with Crippen LogP contribution in [-0.2, 0) is 6.54 Å². The molecular formula is C16H22F2N2. The normalized spacial score (nSPS) is 24.0. The molecule has 1 unspecified atom stereocenters. The number of nitrogens with zero attached hydrogens (tertiary/aromatic N) is 1. The Kier molecular flexibility index (Phi) is 4.32. The number of benzene rings is 1. The molecule has 1 atom stereocenters. The molecule has 0 amide bonds. The van der Waals surface area contributed by atoms with Crippen LogP contribution in [0.15, 0.2) is 18.2 Å². The number of nitrogens with one attached hydrogen (secondary N) is 1. The molecule has 1 saturated carbocycles. The first-order valence-electron chi connectivity index (χ1n) is 7.63. The van der Waals surface area contributed by atoms with Crippen LogP contribution in [0.3, 0.4) is 0 Å². The predicted molar refractivity (Wildman–Crippen MR) is 75.4 cm³/mol. The lowest BCUT2D eigenvalue weighted by molar-refractivity contribution is 0.137. The molecule has 3 rings (SSSR count). The van der Waals surface area contributed by atoms with Crippen LogP contribution in [0.4, 0.5) is 8.78 Å². The first-order valence-corrected chi connectivity index (χ1v) is 7.63. The van der Waals surface area contributed by atoms with Gasteiger partial charge in [0, 0.05) is 31.2 Å². The molecule has 2 nitrogen and oxygen atoms in total. The summed E-state index contributed by atoms with van der Waals surface area (Å²) in [6.07, 6.45) is 6.20. The Bertz CT molecular complexity index is 440. The van der Waals surface area contributed by atoms with Crippen molar-refractivity contribution in [2.75, 3.05) is 13.1 Å². The highest BCUT2D eigenvalue weighted by molar-refractivity contribution is 5.18. The van der Waals surface area contributed by atoms with Gasteiger partial charge in [0.1, 0.15) is 11.6 Å². The van der Waals surface area contributed by atoms with Gasteiger partial charge in [-0.05, 0) is 49.9 Å². The summed E-state index contributed by atoms with van der Waals surface area (Å²) >= 11 is 0. The lowest BCUT2D eigenvalue weighted by Gasteiger charge is -2.36. The number of piperidine rings is 1. The number of hydrogen-bond donors (Lipinski definition) is 1. The van der Waals surface area contributed by atoms with Crippen LogP contribution in [0.2, 0.25) is 0 Å². The number of halogens is 2. The Balaban J connectivity index is 1.62. The maximum atomic E-state index is 13.3. The molecule has 1 heterocycles. The average molecular weight is 280 g/mol. The summed E-state index contributed by atoms with van der Waals surface area (Å²) in [4.78, 5) is 2.37. The lowest BCUT2D eigenvalue weighted by Crippen LogP contribution is -2.45. The Hall–Kier alpha value is -1.00. The molecule has 0 radical (unpaired) electrons. The summed E-state index contributed by atoms with van der Waals surface area (Å²) in [7, 11) is 0. The number of hydrogen-bond acceptors (Lipinski definition) is 2. The van der Waals surface area contributed by atoms with E-state index in [-0.39, 0.29) is 0 Å². The van der Waals surface area contributed by atoms with E-state index in [1.54, 1.807) is 0 Å². The van der Waals surface area contributed by atoms with E-state index >= 15 is 0 Å². The molecule has 0 bridgehead atoms. The van der Waals surface area contributed by atoms with Crippen molar-refractivity contribution in [3.05, 3.63) is 35.4 Å². The second-order valence-electron chi connectivity index (χ2n) is 6.08. The monoisotopic (exact) mass is 280 g/mol. The fourth-order valence-electron chi connectivity index (χ4n) is 3.03. The van der Waals surface area contributed by atoms with Crippen LogP contribution in [0, 0.1) is 11.6 Å². The molecule has 110 valence electrons. The van der Waals surface area contributed by atoms with Crippen LogP contribution >= 0.6 is 0 Å². The molecule has 1 aromatic rings. The zero-order valence-electron chi connectivity index (χ0n) is 11.7. The van der Waals surface area contributed by atoms with E-state index in [0.29, 0.717) is 18.6 Å². The third-order valence-electron chi connectivity index (χ3n) is 4.28. The van der Waals surface area contributed by atoms with Crippen LogP contribution in [0.5, 0.6) is 0 Å². The van der Waals surface area contributed by atoms with E-state index in [1.807, 2.05) is 0 Å². The third-order valence-corrected chi connectivity index (χ3v) is 4.28. The summed E-state index contributed by atoms with van der Waals surface area (Å²) < 4.78 is 26.5. The Labute approximate surface area is 119 Å². The highest BCUT2D eigenvalue weighted by Crippen LogP contribution is 2.23. The summed E-state index contributed by atoms with van der Waals surface area (Å²) in [5.41, 5.74) is 0.737. The molecule has 0 spiro atoms. The van der Waals surface area contributed by atoms with Gasteiger partial charge in [-0.15, -0.1) is 0 Å². The summed E-state index contributed by atoms with van der Waals surface area (Å²) in [6, 6.07) is 5.04. The fourth-order valence-corrected chi connectivity index (χ4v) is 3.03. The van der Waals surface area contributed by atoms with Crippen molar-refractivity contribution in [3.8, 4) is 0 Å². The summed E-state index contributed by atoms with van der Waals surface area (Å²) in [6.45, 7) is 2.67. The highest BCUT2D eigenvalue weighted by atomic mass is 19.1. The molecule has 2 fully saturated rings. The van der Waals surface area contributed by atoms with Crippen molar-refractivity contribution in [1.82, 2.24) is 10.2 Å². The Morgan fingerprint density at radius 1 is 1.05 bits per heavy atom. The van der Waals surface area contributed by atoms with Crippen LogP contribution in [0.1, 0.15) is 37.7 Å². The van der Waals surface area contributed by atoms with Crippen LogP contribution in [0.25, 0.3) is 0 Å². The summed E-state index contributed by atoms with van der Waals surface area (Å²) in [5, 5.41) is 3.58. The molecule has 20 heavy (non-hydrogen) atoms. The van der Waals surface area contributed by atoms with Crippen molar-refractivity contribution in [2.24, 2.45) is 0 Å². The van der Waals surface area contributed by atoms with E-state index in [0.717, 1.165) is 24.7 Å². The molecule has 1 N–H and O–H groups in total. The third kappa shape index (κ3) is 3.76. The molecule has 1 aliphatic heterocycles. The number of rotatable bonds is 5. The van der Waals surface area contributed by atoms with Gasteiger partial charge < -0.3 is 5.32 Å². The van der Waals surface area contributed by atoms with Gasteiger partial charge in [0.15, 0.2) is 0 Å². The largest absolute Gasteiger partial charge is 0.312 e. The van der Waals surface area contributed by atoms with Crippen LogP contribution in [-0.4, -0.2) is 30.1 Å². The van der Waals surface area contributed by atoms with E-state index in [2.05, 4.69) is 10.2 Å². The first kappa shape index (κ1) is 14.0. The highest BCUT2D eigenvalue weighted by Gasteiger charge is 2.26. The number of likely N-dealkylation sites (tertiary alicyclic amines) is 1. The molecule has 1 saturated heterocycles. The quantitative estimate of drug-likeness (QED) is 0.891. The van der Waals surface area contributed by atoms with Crippen molar-refractivity contribution in [3.63, 3.8) is 0 Å². The lowest BCUT2D eigenvalue weighted by atomic mass is 10.0. The maximum Gasteiger partial charge on any atom is 0.126 e. The van der Waals surface area contributed by atoms with Crippen molar-refractivity contribution in [2.45, 2.75) is 50.7 Å². The fraction of sp³-hybridized carbons (Fsp3) is 0.625. The van der Waals surface area contributed by atoms with Gasteiger partial charge in [-0.25, -0.2) is 8.78 Å². The minimum atomic E-state index is -0.482. The van der Waals surface area contributed by atoms with E-state index in [4.69, 9.17) is 0 Å². The molecule has 0 aromatic heterocycles. The molecule has 4 heteroatoms. The smallest absolute Gasteiger partial charge is 0.126 e. The van der Waals surface area contributed by atoms with Gasteiger partial charge in [0.2, 0.25) is 0 Å². The van der Waals surface area contributed by atoms with E-state index < -0.39 is 11.6 Å². The average Bonchev–Trinajstić information content (AvgIpc) is 3.20. The van der Waals surface area contributed by atoms with Crippen molar-refractivity contribution >= 4 is 0 Å². The van der Waals surface area contributed by atoms with Crippen molar-refractivity contribution < 1.29 is 8.78 Å². The molecular weight excluding hydrogens is 258 g/mol. The molecule has 1 aromatic carbocycles. The van der Waals surface area contributed by atoms with Gasteiger partial charge in [0.05, 0.1) is 0 Å². The van der Waals surface area contributed by atoms with Crippen LogP contribution < -0.4 is 5.32 Å². The maximum absolute atomic E-state index is 13.3. The van der Waals surface area contributed by atoms with E-state index in [9.17, 15) is 8.78 Å². The van der Waals surface area contributed by atoms with Crippen molar-refractivity contribution in [1.29, 1.82) is 0 Å². The minimum Gasteiger partial charge on any atom is -0.312 e. The second-order valence-corrected chi connectivity index (χ2v) is 6.08. The standard InChI is InChI=1S/C16H22F2N2/c17-13-7-12(8-14(18)9-13)11-20-6-2-1-3-16(20)10-19-15-4-5-15/h7-9,15-16,19H,1-6,10-11H2. The van der Waals surface area contributed by atoms with Gasteiger partial charge in [0.25, 0.3) is 0 Å².